The average molecular weight is 1510 g/mol. The Bertz CT molecular complexity index is 7760. The van der Waals surface area contributed by atoms with Gasteiger partial charge in [0.05, 0.1) is 55.3 Å². The molecule has 0 bridgehead atoms. The maximum atomic E-state index is 5.39. The van der Waals surface area contributed by atoms with Crippen molar-refractivity contribution in [2.75, 3.05) is 0 Å². The third kappa shape index (κ3) is 12.0. The van der Waals surface area contributed by atoms with Crippen molar-refractivity contribution in [1.82, 2.24) is 38.2 Å². The molecule has 23 rings (SSSR count). The van der Waals surface area contributed by atoms with Gasteiger partial charge in [-0.05, 0) is 171 Å². The van der Waals surface area contributed by atoms with E-state index < -0.39 is 0 Å². The van der Waals surface area contributed by atoms with Crippen molar-refractivity contribution in [3.63, 3.8) is 0 Å². The van der Waals surface area contributed by atoms with E-state index in [2.05, 4.69) is 419 Å². The first-order chi connectivity index (χ1) is 58.6. The van der Waals surface area contributed by atoms with Crippen LogP contribution in [0.25, 0.3) is 211 Å². The van der Waals surface area contributed by atoms with Gasteiger partial charge in [-0.3, -0.25) is 9.13 Å². The van der Waals surface area contributed by atoms with Gasteiger partial charge in [-0.25, -0.2) is 19.9 Å². The highest BCUT2D eigenvalue weighted by molar-refractivity contribution is 6.19. The Kier molecular flexibility index (Phi) is 17.1. The monoisotopic (exact) mass is 1500 g/mol. The standard InChI is InChI=1S/C58H38N4.C52H34N4/c1-5-18-39(19-6-1)43-34-35-52-50(38-43)54-48(31-17-33-53(54)61(52)46-26-9-3-10-27-46)44-24-15-22-41(36-44)42-23-16-25-45(37-42)56-55-49-30-13-14-32-51(49)62(47-28-11-4-12-29-47)58(55)60-57(59-56)40-20-7-2-8-21-40;1-4-17-35(18-5-1)51-53-50(49-44-28-11-13-31-46(44)56(52(49)54-51)41-25-8-3-9-26-41)39-22-15-20-37(34-39)36-19-14-21-38(33-36)42-29-16-32-47-48(42)43-27-10-12-30-45(43)55(47)40-23-6-2-7-24-40/h1-38H;1-34H. The maximum absolute atomic E-state index is 5.39. The van der Waals surface area contributed by atoms with Crippen LogP contribution in [0.5, 0.6) is 0 Å². The number of benzene rings is 17. The largest absolute Gasteiger partial charge is 0.309 e. The van der Waals surface area contributed by atoms with Gasteiger partial charge < -0.3 is 9.13 Å². The fourth-order valence-electron chi connectivity index (χ4n) is 17.7. The minimum absolute atomic E-state index is 0.693. The molecule has 0 aliphatic heterocycles. The molecular weight excluding hydrogens is 1430 g/mol. The molecule has 0 amide bonds. The smallest absolute Gasteiger partial charge is 0.162 e. The number of hydrogen-bond acceptors (Lipinski definition) is 4. The van der Waals surface area contributed by atoms with Gasteiger partial charge in [-0.15, -0.1) is 0 Å². The van der Waals surface area contributed by atoms with E-state index in [9.17, 15) is 0 Å². The van der Waals surface area contributed by atoms with Crippen LogP contribution >= 0.6 is 0 Å². The summed E-state index contributed by atoms with van der Waals surface area (Å²) in [6.07, 6.45) is 0. The Morgan fingerprint density at radius 3 is 0.831 bits per heavy atom. The topological polar surface area (TPSA) is 71.3 Å². The average Bonchev–Trinajstić information content (AvgIpc) is 1.59. The van der Waals surface area contributed by atoms with Crippen molar-refractivity contribution >= 4 is 87.5 Å². The minimum Gasteiger partial charge on any atom is -0.309 e. The molecule has 0 radical (unpaired) electrons. The molecule has 23 aromatic rings. The molecule has 0 aliphatic rings. The minimum atomic E-state index is 0.693. The Hall–Kier alpha value is -15.9. The van der Waals surface area contributed by atoms with Gasteiger partial charge >= 0.3 is 0 Å². The number of aromatic nitrogens is 8. The summed E-state index contributed by atoms with van der Waals surface area (Å²) in [6, 6.07) is 155. The van der Waals surface area contributed by atoms with Crippen molar-refractivity contribution in [3.05, 3.63) is 437 Å². The van der Waals surface area contributed by atoms with Crippen LogP contribution in [0.1, 0.15) is 0 Å². The fourth-order valence-corrected chi connectivity index (χ4v) is 17.7. The lowest BCUT2D eigenvalue weighted by Gasteiger charge is -2.12. The van der Waals surface area contributed by atoms with Crippen LogP contribution in [-0.2, 0) is 0 Å². The molecule has 8 heteroatoms. The lowest BCUT2D eigenvalue weighted by Crippen LogP contribution is -1.99. The summed E-state index contributed by atoms with van der Waals surface area (Å²) in [4.78, 5) is 21.4. The molecule has 0 spiro atoms. The predicted octanol–water partition coefficient (Wildman–Crippen LogP) is 28.3. The van der Waals surface area contributed by atoms with Crippen LogP contribution in [0.4, 0.5) is 0 Å². The number of fused-ring (bicyclic) bond motifs is 12. The Morgan fingerprint density at radius 2 is 0.424 bits per heavy atom. The SMILES string of the molecule is c1ccc(-c2ccc3c(c2)c2c(-c4cccc(-c5cccc(-c6nc(-c7ccccc7)nc7c6c6ccccc6n7-c6ccccc6)c5)c4)cccc2n3-c2ccccc2)cc1.c1ccc(-c2nc(-c3cccc(-c4cccc(-c5cccc6c5c5ccccc5n6-c5ccccc5)c4)c3)c3c4ccccc4n(-c4ccccc4)c3n2)cc1. The molecule has 0 saturated heterocycles. The third-order valence-electron chi connectivity index (χ3n) is 23.0. The van der Waals surface area contributed by atoms with Gasteiger partial charge in [0, 0.05) is 77.3 Å². The lowest BCUT2D eigenvalue weighted by atomic mass is 9.94. The molecule has 0 atom stereocenters. The van der Waals surface area contributed by atoms with Gasteiger partial charge in [0.2, 0.25) is 0 Å². The van der Waals surface area contributed by atoms with Crippen LogP contribution in [0.15, 0.2) is 437 Å². The van der Waals surface area contributed by atoms with Gasteiger partial charge in [0.25, 0.3) is 0 Å². The van der Waals surface area contributed by atoms with E-state index in [0.29, 0.717) is 11.6 Å². The zero-order valence-electron chi connectivity index (χ0n) is 64.1. The first-order valence-corrected chi connectivity index (χ1v) is 40.1. The molecule has 552 valence electrons. The van der Waals surface area contributed by atoms with Crippen molar-refractivity contribution in [2.45, 2.75) is 0 Å². The highest BCUT2D eigenvalue weighted by Crippen LogP contribution is 2.46. The van der Waals surface area contributed by atoms with Gasteiger partial charge in [0.1, 0.15) is 11.3 Å². The zero-order valence-corrected chi connectivity index (χ0v) is 64.1. The van der Waals surface area contributed by atoms with E-state index in [1.165, 1.54) is 71.4 Å². The summed E-state index contributed by atoms with van der Waals surface area (Å²) < 4.78 is 9.32. The summed E-state index contributed by atoms with van der Waals surface area (Å²) >= 11 is 0. The van der Waals surface area contributed by atoms with E-state index in [1.807, 2.05) is 36.4 Å². The second kappa shape index (κ2) is 29.3. The van der Waals surface area contributed by atoms with E-state index in [4.69, 9.17) is 19.9 Å². The summed E-state index contributed by atoms with van der Waals surface area (Å²) in [5, 5.41) is 9.27. The summed E-state index contributed by atoms with van der Waals surface area (Å²) in [6.45, 7) is 0. The molecule has 0 aliphatic carbocycles. The molecule has 0 fully saturated rings. The second-order valence-corrected chi connectivity index (χ2v) is 30.0. The van der Waals surface area contributed by atoms with Crippen LogP contribution in [-0.4, -0.2) is 38.2 Å². The second-order valence-electron chi connectivity index (χ2n) is 30.0. The molecule has 0 saturated carbocycles. The lowest BCUT2D eigenvalue weighted by molar-refractivity contribution is 1.11. The number of rotatable bonds is 13. The summed E-state index contributed by atoms with van der Waals surface area (Å²) in [5.74, 6) is 1.39. The van der Waals surface area contributed by atoms with Crippen molar-refractivity contribution in [3.8, 4) is 124 Å². The Morgan fingerprint density at radius 1 is 0.153 bits per heavy atom. The van der Waals surface area contributed by atoms with Crippen LogP contribution in [0, 0.1) is 0 Å². The van der Waals surface area contributed by atoms with E-state index >= 15 is 0 Å². The van der Waals surface area contributed by atoms with Crippen LogP contribution < -0.4 is 0 Å². The van der Waals surface area contributed by atoms with E-state index in [1.54, 1.807) is 0 Å². The highest BCUT2D eigenvalue weighted by atomic mass is 15.1. The molecule has 6 heterocycles. The number of nitrogens with zero attached hydrogens (tertiary/aromatic N) is 8. The summed E-state index contributed by atoms with van der Waals surface area (Å²) in [7, 11) is 0. The van der Waals surface area contributed by atoms with Crippen molar-refractivity contribution in [2.24, 2.45) is 0 Å². The molecule has 17 aromatic carbocycles. The first-order valence-electron chi connectivity index (χ1n) is 40.1. The first kappa shape index (κ1) is 68.9. The van der Waals surface area contributed by atoms with Crippen molar-refractivity contribution < 1.29 is 0 Å². The normalized spacial score (nSPS) is 11.6. The van der Waals surface area contributed by atoms with Gasteiger partial charge in [-0.2, -0.15) is 0 Å². The Labute approximate surface area is 681 Å². The molecule has 0 N–H and O–H groups in total. The van der Waals surface area contributed by atoms with Crippen LogP contribution in [0.3, 0.4) is 0 Å². The molecule has 8 nitrogen and oxygen atoms in total. The summed E-state index contributed by atoms with van der Waals surface area (Å²) in [5.41, 5.74) is 30.7. The van der Waals surface area contributed by atoms with Gasteiger partial charge in [-0.1, -0.05) is 322 Å². The van der Waals surface area contributed by atoms with E-state index in [-0.39, 0.29) is 0 Å². The number of hydrogen-bond donors (Lipinski definition) is 0. The van der Waals surface area contributed by atoms with Crippen LogP contribution in [0.2, 0.25) is 0 Å². The predicted molar refractivity (Wildman–Crippen MR) is 490 cm³/mol. The van der Waals surface area contributed by atoms with Crippen molar-refractivity contribution in [1.29, 1.82) is 0 Å². The fraction of sp³-hybridized carbons (Fsp3) is 0. The van der Waals surface area contributed by atoms with E-state index in [0.717, 1.165) is 128 Å². The maximum Gasteiger partial charge on any atom is 0.162 e. The Balaban J connectivity index is 0.000000143. The highest BCUT2D eigenvalue weighted by Gasteiger charge is 2.26. The zero-order chi connectivity index (χ0) is 78.0. The van der Waals surface area contributed by atoms with Gasteiger partial charge in [0.15, 0.2) is 11.6 Å². The molecule has 6 aromatic heterocycles. The number of para-hydroxylation sites is 7. The molecule has 0 unspecified atom stereocenters. The third-order valence-corrected chi connectivity index (χ3v) is 23.0. The molecular formula is C110H72N8. The molecule has 118 heavy (non-hydrogen) atoms. The quantitative estimate of drug-likeness (QED) is 0.115.